The highest BCUT2D eigenvalue weighted by Gasteiger charge is 2.15. The van der Waals surface area contributed by atoms with Crippen LogP contribution < -0.4 is 15.8 Å². The van der Waals surface area contributed by atoms with Gasteiger partial charge in [-0.2, -0.15) is 0 Å². The second-order valence-corrected chi connectivity index (χ2v) is 6.78. The SMILES string of the molecule is CC(N)CCNC(=O)CCNS(=O)(=O)c1ccc([N+](=O)[O-])cc1. The molecule has 10 heteroatoms. The van der Waals surface area contributed by atoms with Gasteiger partial charge < -0.3 is 11.1 Å². The topological polar surface area (TPSA) is 144 Å². The Morgan fingerprint density at radius 3 is 2.43 bits per heavy atom. The molecule has 0 saturated carbocycles. The quantitative estimate of drug-likeness (QED) is 0.428. The van der Waals surface area contributed by atoms with Crippen molar-refractivity contribution in [1.82, 2.24) is 10.0 Å². The molecule has 1 unspecified atom stereocenters. The number of nitro benzene ring substituents is 1. The largest absolute Gasteiger partial charge is 0.356 e. The molecular weight excluding hydrogens is 324 g/mol. The summed E-state index contributed by atoms with van der Waals surface area (Å²) in [6.45, 7) is 2.19. The molecule has 0 aliphatic rings. The van der Waals surface area contributed by atoms with Gasteiger partial charge in [0, 0.05) is 37.7 Å². The van der Waals surface area contributed by atoms with Crippen molar-refractivity contribution in [2.75, 3.05) is 13.1 Å². The van der Waals surface area contributed by atoms with Crippen molar-refractivity contribution in [2.24, 2.45) is 5.73 Å². The molecular formula is C13H20N4O5S. The van der Waals surface area contributed by atoms with Gasteiger partial charge in [-0.15, -0.1) is 0 Å². The zero-order chi connectivity index (χ0) is 17.5. The summed E-state index contributed by atoms with van der Waals surface area (Å²) in [6.07, 6.45) is 0.630. The molecule has 0 aliphatic carbocycles. The van der Waals surface area contributed by atoms with E-state index in [9.17, 15) is 23.3 Å². The second kappa shape index (κ2) is 8.56. The highest BCUT2D eigenvalue weighted by Crippen LogP contribution is 2.15. The minimum Gasteiger partial charge on any atom is -0.356 e. The van der Waals surface area contributed by atoms with E-state index in [1.807, 2.05) is 6.92 Å². The molecule has 1 amide bonds. The Kier molecular flexibility index (Phi) is 7.07. The van der Waals surface area contributed by atoms with E-state index in [0.717, 1.165) is 24.3 Å². The number of carbonyl (C=O) groups is 1. The molecule has 1 rings (SSSR count). The summed E-state index contributed by atoms with van der Waals surface area (Å²) < 4.78 is 26.2. The van der Waals surface area contributed by atoms with Gasteiger partial charge in [-0.05, 0) is 25.5 Å². The summed E-state index contributed by atoms with van der Waals surface area (Å²) in [5, 5.41) is 13.2. The van der Waals surface area contributed by atoms with Crippen molar-refractivity contribution in [3.8, 4) is 0 Å². The van der Waals surface area contributed by atoms with Crippen LogP contribution in [0, 0.1) is 10.1 Å². The van der Waals surface area contributed by atoms with Crippen molar-refractivity contribution < 1.29 is 18.1 Å². The number of hydrogen-bond donors (Lipinski definition) is 3. The van der Waals surface area contributed by atoms with Crippen molar-refractivity contribution in [3.05, 3.63) is 34.4 Å². The standard InChI is InChI=1S/C13H20N4O5S/c1-10(14)6-8-15-13(18)7-9-16-23(21,22)12-4-2-11(3-5-12)17(19)20/h2-5,10,16H,6-9,14H2,1H3,(H,15,18). The van der Waals surface area contributed by atoms with E-state index in [1.54, 1.807) is 0 Å². The maximum absolute atomic E-state index is 12.0. The Morgan fingerprint density at radius 2 is 1.91 bits per heavy atom. The number of non-ortho nitro benzene ring substituents is 1. The van der Waals surface area contributed by atoms with Crippen LogP contribution in [-0.2, 0) is 14.8 Å². The minimum absolute atomic E-state index is 0.00877. The predicted octanol–water partition coefficient (Wildman–Crippen LogP) is 0.117. The molecule has 0 heterocycles. The first-order chi connectivity index (χ1) is 10.7. The molecule has 1 aromatic carbocycles. The summed E-state index contributed by atoms with van der Waals surface area (Å²) in [4.78, 5) is 21.3. The van der Waals surface area contributed by atoms with Crippen LogP contribution in [0.4, 0.5) is 5.69 Å². The van der Waals surface area contributed by atoms with Crippen LogP contribution in [0.2, 0.25) is 0 Å². The number of nitrogens with one attached hydrogen (secondary N) is 2. The first kappa shape index (κ1) is 19.0. The molecule has 0 aliphatic heterocycles. The van der Waals surface area contributed by atoms with Gasteiger partial charge >= 0.3 is 0 Å². The van der Waals surface area contributed by atoms with Crippen LogP contribution in [0.1, 0.15) is 19.8 Å². The number of amides is 1. The van der Waals surface area contributed by atoms with E-state index in [4.69, 9.17) is 5.73 Å². The Balaban J connectivity index is 2.46. The molecule has 0 radical (unpaired) electrons. The summed E-state index contributed by atoms with van der Waals surface area (Å²) in [5.41, 5.74) is 5.35. The van der Waals surface area contributed by atoms with Crippen LogP contribution >= 0.6 is 0 Å². The Hall–Kier alpha value is -2.04. The van der Waals surface area contributed by atoms with E-state index in [1.165, 1.54) is 0 Å². The zero-order valence-electron chi connectivity index (χ0n) is 12.7. The molecule has 0 aromatic heterocycles. The summed E-state index contributed by atoms with van der Waals surface area (Å²) >= 11 is 0. The van der Waals surface area contributed by atoms with E-state index in [2.05, 4.69) is 10.0 Å². The number of rotatable bonds is 9. The maximum atomic E-state index is 12.0. The number of nitrogens with zero attached hydrogens (tertiary/aromatic N) is 1. The van der Waals surface area contributed by atoms with E-state index in [0.29, 0.717) is 13.0 Å². The number of hydrogen-bond acceptors (Lipinski definition) is 6. The van der Waals surface area contributed by atoms with Gasteiger partial charge in [0.2, 0.25) is 15.9 Å². The number of benzene rings is 1. The summed E-state index contributed by atoms with van der Waals surface area (Å²) in [6, 6.07) is 4.48. The third-order valence-corrected chi connectivity index (χ3v) is 4.40. The fourth-order valence-electron chi connectivity index (χ4n) is 1.66. The summed E-state index contributed by atoms with van der Waals surface area (Å²) in [7, 11) is -3.80. The number of nitro groups is 1. The molecule has 1 atom stereocenters. The van der Waals surface area contributed by atoms with E-state index < -0.39 is 14.9 Å². The highest BCUT2D eigenvalue weighted by atomic mass is 32.2. The normalized spacial score (nSPS) is 12.6. The van der Waals surface area contributed by atoms with Crippen LogP contribution in [0.5, 0.6) is 0 Å². The lowest BCUT2D eigenvalue weighted by atomic mass is 10.2. The molecule has 0 spiro atoms. The molecule has 0 saturated heterocycles. The minimum atomic E-state index is -3.80. The fraction of sp³-hybridized carbons (Fsp3) is 0.462. The van der Waals surface area contributed by atoms with E-state index in [-0.39, 0.29) is 35.5 Å². The van der Waals surface area contributed by atoms with Gasteiger partial charge in [0.15, 0.2) is 0 Å². The van der Waals surface area contributed by atoms with Crippen LogP contribution in [0.3, 0.4) is 0 Å². The van der Waals surface area contributed by atoms with E-state index >= 15 is 0 Å². The van der Waals surface area contributed by atoms with Gasteiger partial charge in [-0.3, -0.25) is 14.9 Å². The van der Waals surface area contributed by atoms with Gasteiger partial charge in [0.05, 0.1) is 9.82 Å². The lowest BCUT2D eigenvalue weighted by Crippen LogP contribution is -2.32. The number of nitrogens with two attached hydrogens (primary N) is 1. The smallest absolute Gasteiger partial charge is 0.269 e. The fourth-order valence-corrected chi connectivity index (χ4v) is 2.69. The van der Waals surface area contributed by atoms with Gasteiger partial charge in [0.1, 0.15) is 0 Å². The average Bonchev–Trinajstić information content (AvgIpc) is 2.46. The molecule has 9 nitrogen and oxygen atoms in total. The lowest BCUT2D eigenvalue weighted by molar-refractivity contribution is -0.384. The van der Waals surface area contributed by atoms with Crippen LogP contribution in [0.15, 0.2) is 29.2 Å². The highest BCUT2D eigenvalue weighted by molar-refractivity contribution is 7.89. The molecule has 0 bridgehead atoms. The van der Waals surface area contributed by atoms with Gasteiger partial charge in [-0.25, -0.2) is 13.1 Å². The maximum Gasteiger partial charge on any atom is 0.269 e. The van der Waals surface area contributed by atoms with Crippen LogP contribution in [-0.4, -0.2) is 38.4 Å². The summed E-state index contributed by atoms with van der Waals surface area (Å²) in [5.74, 6) is -0.281. The monoisotopic (exact) mass is 344 g/mol. The average molecular weight is 344 g/mol. The van der Waals surface area contributed by atoms with Gasteiger partial charge in [-0.1, -0.05) is 0 Å². The van der Waals surface area contributed by atoms with Crippen molar-refractivity contribution in [2.45, 2.75) is 30.7 Å². The third-order valence-electron chi connectivity index (χ3n) is 2.92. The van der Waals surface area contributed by atoms with Crippen molar-refractivity contribution in [1.29, 1.82) is 0 Å². The van der Waals surface area contributed by atoms with Crippen molar-refractivity contribution in [3.63, 3.8) is 0 Å². The number of sulfonamides is 1. The Labute approximate surface area is 134 Å². The zero-order valence-corrected chi connectivity index (χ0v) is 13.5. The molecule has 23 heavy (non-hydrogen) atoms. The lowest BCUT2D eigenvalue weighted by Gasteiger charge is -2.08. The second-order valence-electron chi connectivity index (χ2n) is 5.01. The molecule has 0 fully saturated rings. The van der Waals surface area contributed by atoms with Crippen LogP contribution in [0.25, 0.3) is 0 Å². The third kappa shape index (κ3) is 6.72. The van der Waals surface area contributed by atoms with Crippen molar-refractivity contribution >= 4 is 21.6 Å². The van der Waals surface area contributed by atoms with Gasteiger partial charge in [0.25, 0.3) is 5.69 Å². The number of carbonyl (C=O) groups excluding carboxylic acids is 1. The Morgan fingerprint density at radius 1 is 1.30 bits per heavy atom. The molecule has 128 valence electrons. The molecule has 1 aromatic rings. The Bertz CT molecular complexity index is 643. The first-order valence-electron chi connectivity index (χ1n) is 6.99. The first-order valence-corrected chi connectivity index (χ1v) is 8.47. The predicted molar refractivity (Wildman–Crippen MR) is 84.2 cm³/mol. The molecule has 4 N–H and O–H groups in total.